The zero-order chi connectivity index (χ0) is 17.4. The molecule has 0 aliphatic rings. The van der Waals surface area contributed by atoms with E-state index in [-0.39, 0.29) is 12.2 Å². The fourth-order valence-electron chi connectivity index (χ4n) is 2.08. The standard InChI is InChI=1S/C13H15ClF3N5O/c1-4-22-6-8(7(2)19-22)5-18-12(23)10-9(14)11(13(15,16)17)20-21(10)3/h6H,4-5H2,1-3H3,(H,18,23). The summed E-state index contributed by atoms with van der Waals surface area (Å²) >= 11 is 5.67. The van der Waals surface area contributed by atoms with Gasteiger partial charge in [0, 0.05) is 31.9 Å². The molecule has 0 aliphatic carbocycles. The highest BCUT2D eigenvalue weighted by molar-refractivity contribution is 6.34. The Labute approximate surface area is 135 Å². The molecule has 0 fully saturated rings. The van der Waals surface area contributed by atoms with Crippen molar-refractivity contribution in [2.24, 2.45) is 7.05 Å². The zero-order valence-corrected chi connectivity index (χ0v) is 13.5. The lowest BCUT2D eigenvalue weighted by atomic mass is 10.2. The van der Waals surface area contributed by atoms with Crippen molar-refractivity contribution in [3.63, 3.8) is 0 Å². The molecule has 23 heavy (non-hydrogen) atoms. The Morgan fingerprint density at radius 1 is 1.39 bits per heavy atom. The summed E-state index contributed by atoms with van der Waals surface area (Å²) in [4.78, 5) is 12.1. The highest BCUT2D eigenvalue weighted by Crippen LogP contribution is 2.35. The second-order valence-corrected chi connectivity index (χ2v) is 5.29. The molecule has 1 amide bonds. The first-order chi connectivity index (χ1) is 10.6. The van der Waals surface area contributed by atoms with Crippen LogP contribution >= 0.6 is 11.6 Å². The maximum Gasteiger partial charge on any atom is 0.436 e. The third-order valence-electron chi connectivity index (χ3n) is 3.28. The van der Waals surface area contributed by atoms with Gasteiger partial charge in [0.1, 0.15) is 10.7 Å². The maximum atomic E-state index is 12.7. The number of amides is 1. The highest BCUT2D eigenvalue weighted by atomic mass is 35.5. The molecular formula is C13H15ClF3N5O. The van der Waals surface area contributed by atoms with E-state index in [1.165, 1.54) is 7.05 Å². The van der Waals surface area contributed by atoms with E-state index in [0.717, 1.165) is 15.9 Å². The molecule has 126 valence electrons. The van der Waals surface area contributed by atoms with E-state index in [9.17, 15) is 18.0 Å². The van der Waals surface area contributed by atoms with E-state index in [4.69, 9.17) is 11.6 Å². The fourth-order valence-corrected chi connectivity index (χ4v) is 2.43. The third kappa shape index (κ3) is 3.49. The molecular weight excluding hydrogens is 335 g/mol. The summed E-state index contributed by atoms with van der Waals surface area (Å²) in [5.74, 6) is -0.732. The molecule has 10 heteroatoms. The van der Waals surface area contributed by atoms with Gasteiger partial charge in [0.05, 0.1) is 5.69 Å². The van der Waals surface area contributed by atoms with E-state index in [1.54, 1.807) is 17.8 Å². The van der Waals surface area contributed by atoms with Crippen LogP contribution in [0.4, 0.5) is 13.2 Å². The maximum absolute atomic E-state index is 12.7. The van der Waals surface area contributed by atoms with Crippen molar-refractivity contribution in [1.82, 2.24) is 24.9 Å². The number of nitrogens with one attached hydrogen (secondary N) is 1. The monoisotopic (exact) mass is 349 g/mol. The highest BCUT2D eigenvalue weighted by Gasteiger charge is 2.39. The summed E-state index contributed by atoms with van der Waals surface area (Å²) < 4.78 is 40.8. The Hall–Kier alpha value is -2.03. The van der Waals surface area contributed by atoms with Crippen LogP contribution in [0.25, 0.3) is 0 Å². The Bertz CT molecular complexity index is 735. The molecule has 2 aromatic heterocycles. The number of hydrogen-bond acceptors (Lipinski definition) is 3. The van der Waals surface area contributed by atoms with Crippen molar-refractivity contribution in [3.8, 4) is 0 Å². The first-order valence-corrected chi connectivity index (χ1v) is 7.13. The van der Waals surface area contributed by atoms with Crippen molar-refractivity contribution >= 4 is 17.5 Å². The SMILES string of the molecule is CCn1cc(CNC(=O)c2c(Cl)c(C(F)(F)F)nn2C)c(C)n1. The van der Waals surface area contributed by atoms with Crippen LogP contribution in [0.2, 0.25) is 5.02 Å². The molecule has 0 aromatic carbocycles. The Kier molecular flexibility index (Phi) is 4.69. The van der Waals surface area contributed by atoms with Gasteiger partial charge in [-0.15, -0.1) is 0 Å². The number of rotatable bonds is 4. The first kappa shape index (κ1) is 17.3. The van der Waals surface area contributed by atoms with Gasteiger partial charge < -0.3 is 5.32 Å². The molecule has 0 unspecified atom stereocenters. The van der Waals surface area contributed by atoms with Crippen LogP contribution in [-0.2, 0) is 26.3 Å². The van der Waals surface area contributed by atoms with Crippen LogP contribution < -0.4 is 5.32 Å². The van der Waals surface area contributed by atoms with Crippen molar-refractivity contribution < 1.29 is 18.0 Å². The topological polar surface area (TPSA) is 64.7 Å². The van der Waals surface area contributed by atoms with Gasteiger partial charge in [-0.05, 0) is 13.8 Å². The van der Waals surface area contributed by atoms with Crippen LogP contribution in [0.3, 0.4) is 0 Å². The molecule has 6 nitrogen and oxygen atoms in total. The number of aromatic nitrogens is 4. The Morgan fingerprint density at radius 2 is 2.04 bits per heavy atom. The molecule has 0 spiro atoms. The molecule has 0 bridgehead atoms. The van der Waals surface area contributed by atoms with E-state index in [2.05, 4.69) is 15.5 Å². The van der Waals surface area contributed by atoms with Gasteiger partial charge in [-0.1, -0.05) is 11.6 Å². The molecule has 0 radical (unpaired) electrons. The quantitative estimate of drug-likeness (QED) is 0.922. The number of aryl methyl sites for hydroxylation is 3. The van der Waals surface area contributed by atoms with E-state index in [0.29, 0.717) is 6.54 Å². The summed E-state index contributed by atoms with van der Waals surface area (Å²) in [7, 11) is 1.23. The second kappa shape index (κ2) is 6.23. The lowest BCUT2D eigenvalue weighted by Crippen LogP contribution is -2.25. The van der Waals surface area contributed by atoms with Crippen LogP contribution in [0, 0.1) is 6.92 Å². The van der Waals surface area contributed by atoms with Gasteiger partial charge in [-0.2, -0.15) is 23.4 Å². The van der Waals surface area contributed by atoms with Crippen LogP contribution in [-0.4, -0.2) is 25.5 Å². The van der Waals surface area contributed by atoms with Crippen LogP contribution in [0.5, 0.6) is 0 Å². The predicted molar refractivity (Wildman–Crippen MR) is 77.0 cm³/mol. The molecule has 2 heterocycles. The van der Waals surface area contributed by atoms with Crippen molar-refractivity contribution in [3.05, 3.63) is 33.9 Å². The number of carbonyl (C=O) groups is 1. The van der Waals surface area contributed by atoms with E-state index >= 15 is 0 Å². The fraction of sp³-hybridized carbons (Fsp3) is 0.462. The van der Waals surface area contributed by atoms with Crippen molar-refractivity contribution in [2.45, 2.75) is 33.1 Å². The predicted octanol–water partition coefficient (Wildman–Crippen LogP) is 2.55. The van der Waals surface area contributed by atoms with Crippen molar-refractivity contribution in [2.75, 3.05) is 0 Å². The minimum absolute atomic E-state index is 0.132. The number of nitrogens with zero attached hydrogens (tertiary/aromatic N) is 4. The lowest BCUT2D eigenvalue weighted by Gasteiger charge is -2.05. The average molecular weight is 350 g/mol. The minimum Gasteiger partial charge on any atom is -0.346 e. The molecule has 2 aromatic rings. The van der Waals surface area contributed by atoms with Crippen LogP contribution in [0.15, 0.2) is 6.20 Å². The summed E-state index contributed by atoms with van der Waals surface area (Å²) in [6.45, 7) is 4.51. The number of carbonyl (C=O) groups excluding carboxylic acids is 1. The molecule has 1 N–H and O–H groups in total. The second-order valence-electron chi connectivity index (χ2n) is 4.91. The van der Waals surface area contributed by atoms with E-state index in [1.807, 2.05) is 6.92 Å². The third-order valence-corrected chi connectivity index (χ3v) is 3.64. The lowest BCUT2D eigenvalue weighted by molar-refractivity contribution is -0.141. The van der Waals surface area contributed by atoms with Gasteiger partial charge in [0.2, 0.25) is 0 Å². The van der Waals surface area contributed by atoms with Crippen molar-refractivity contribution in [1.29, 1.82) is 0 Å². The minimum atomic E-state index is -4.72. The summed E-state index contributed by atoms with van der Waals surface area (Å²) in [5, 5.41) is 9.32. The summed E-state index contributed by atoms with van der Waals surface area (Å²) in [6.07, 6.45) is -2.95. The number of hydrogen-bond donors (Lipinski definition) is 1. The zero-order valence-electron chi connectivity index (χ0n) is 12.7. The van der Waals surface area contributed by atoms with Crippen LogP contribution in [0.1, 0.15) is 34.4 Å². The number of halogens is 4. The molecule has 0 aliphatic heterocycles. The van der Waals surface area contributed by atoms with Gasteiger partial charge in [0.25, 0.3) is 5.91 Å². The molecule has 0 saturated carbocycles. The molecule has 0 atom stereocenters. The first-order valence-electron chi connectivity index (χ1n) is 6.76. The Morgan fingerprint density at radius 3 is 2.52 bits per heavy atom. The largest absolute Gasteiger partial charge is 0.436 e. The Balaban J connectivity index is 2.18. The summed E-state index contributed by atoms with van der Waals surface area (Å²) in [6, 6.07) is 0. The smallest absolute Gasteiger partial charge is 0.346 e. The number of alkyl halides is 3. The normalized spacial score (nSPS) is 11.8. The average Bonchev–Trinajstić information content (AvgIpc) is 2.96. The van der Waals surface area contributed by atoms with Gasteiger partial charge >= 0.3 is 6.18 Å². The molecule has 0 saturated heterocycles. The summed E-state index contributed by atoms with van der Waals surface area (Å²) in [5.41, 5.74) is -0.102. The van der Waals surface area contributed by atoms with Gasteiger partial charge in [0.15, 0.2) is 5.69 Å². The van der Waals surface area contributed by atoms with Gasteiger partial charge in [-0.3, -0.25) is 14.2 Å². The molecule has 2 rings (SSSR count). The van der Waals surface area contributed by atoms with E-state index < -0.39 is 22.8 Å². The van der Waals surface area contributed by atoms with Gasteiger partial charge in [-0.25, -0.2) is 0 Å².